The summed E-state index contributed by atoms with van der Waals surface area (Å²) in [5, 5.41) is 2.79. The first kappa shape index (κ1) is 15.1. The molecule has 0 aliphatic heterocycles. The third-order valence-corrected chi connectivity index (χ3v) is 4.01. The number of hydrogen-bond acceptors (Lipinski definition) is 3. The van der Waals surface area contributed by atoms with Crippen LogP contribution in [-0.4, -0.2) is 20.4 Å². The molecule has 25 heavy (non-hydrogen) atoms. The Kier molecular flexibility index (Phi) is 3.74. The lowest BCUT2D eigenvalue weighted by molar-refractivity contribution is 0.102. The highest BCUT2D eigenvalue weighted by atomic mass is 16.1. The molecule has 0 fully saturated rings. The van der Waals surface area contributed by atoms with Gasteiger partial charge >= 0.3 is 0 Å². The van der Waals surface area contributed by atoms with Gasteiger partial charge in [-0.05, 0) is 49.4 Å². The summed E-state index contributed by atoms with van der Waals surface area (Å²) in [5.74, 6) is 1.20. The van der Waals surface area contributed by atoms with Crippen LogP contribution in [-0.2, 0) is 0 Å². The lowest BCUT2D eigenvalue weighted by atomic mass is 10.2. The Morgan fingerprint density at radius 2 is 1.80 bits per heavy atom. The van der Waals surface area contributed by atoms with Crippen LogP contribution < -0.4 is 5.32 Å². The molecule has 2 aromatic carbocycles. The maximum atomic E-state index is 12.4. The van der Waals surface area contributed by atoms with Gasteiger partial charge in [-0.25, -0.2) is 9.97 Å². The molecule has 5 nitrogen and oxygen atoms in total. The summed E-state index contributed by atoms with van der Waals surface area (Å²) in [6.07, 6.45) is 1.64. The highest BCUT2D eigenvalue weighted by molar-refractivity contribution is 6.05. The predicted octanol–water partition coefficient (Wildman–Crippen LogP) is 3.98. The number of aryl methyl sites for hydroxylation is 1. The summed E-state index contributed by atoms with van der Waals surface area (Å²) >= 11 is 0. The Balaban J connectivity index is 1.71. The first-order valence-electron chi connectivity index (χ1n) is 7.99. The highest BCUT2D eigenvalue weighted by Gasteiger charge is 2.13. The molecule has 0 aliphatic rings. The lowest BCUT2D eigenvalue weighted by Crippen LogP contribution is -2.12. The molecule has 1 amide bonds. The fourth-order valence-corrected chi connectivity index (χ4v) is 2.87. The van der Waals surface area contributed by atoms with Crippen molar-refractivity contribution >= 4 is 22.8 Å². The zero-order chi connectivity index (χ0) is 17.2. The van der Waals surface area contributed by atoms with Gasteiger partial charge in [0.25, 0.3) is 5.91 Å². The van der Waals surface area contributed by atoms with Gasteiger partial charge in [0.1, 0.15) is 11.6 Å². The van der Waals surface area contributed by atoms with E-state index in [1.54, 1.807) is 30.5 Å². The van der Waals surface area contributed by atoms with Gasteiger partial charge in [0.15, 0.2) is 0 Å². The molecule has 0 unspecified atom stereocenters. The number of anilines is 1. The predicted molar refractivity (Wildman–Crippen MR) is 98.0 cm³/mol. The van der Waals surface area contributed by atoms with Crippen LogP contribution in [0.3, 0.4) is 0 Å². The molecule has 122 valence electrons. The molecular weight excluding hydrogens is 312 g/mol. The number of carbonyl (C=O) groups excluding carboxylic acids is 1. The largest absolute Gasteiger partial charge is 0.307 e. The molecule has 0 radical (unpaired) electrons. The van der Waals surface area contributed by atoms with Crippen molar-refractivity contribution in [2.75, 3.05) is 5.32 Å². The monoisotopic (exact) mass is 328 g/mol. The van der Waals surface area contributed by atoms with E-state index in [0.29, 0.717) is 11.4 Å². The summed E-state index contributed by atoms with van der Waals surface area (Å²) in [4.78, 5) is 21.2. The van der Waals surface area contributed by atoms with Crippen LogP contribution in [0.2, 0.25) is 0 Å². The normalized spacial score (nSPS) is 10.8. The van der Waals surface area contributed by atoms with Gasteiger partial charge in [0, 0.05) is 17.4 Å². The number of fused-ring (bicyclic) bond motifs is 1. The summed E-state index contributed by atoms with van der Waals surface area (Å²) in [6.45, 7) is 1.96. The average Bonchev–Trinajstić information content (AvgIpc) is 2.98. The minimum Gasteiger partial charge on any atom is -0.307 e. The van der Waals surface area contributed by atoms with Crippen molar-refractivity contribution in [3.05, 3.63) is 84.3 Å². The quantitative estimate of drug-likeness (QED) is 0.619. The van der Waals surface area contributed by atoms with E-state index in [0.717, 1.165) is 22.5 Å². The number of benzene rings is 2. The number of nitrogens with zero attached hydrogens (tertiary/aromatic N) is 3. The molecule has 0 spiro atoms. The topological polar surface area (TPSA) is 59.8 Å². The van der Waals surface area contributed by atoms with E-state index in [2.05, 4.69) is 19.9 Å². The van der Waals surface area contributed by atoms with Crippen LogP contribution in [0.25, 0.3) is 16.7 Å². The van der Waals surface area contributed by atoms with Crippen LogP contribution in [0.15, 0.2) is 72.9 Å². The molecule has 4 rings (SSSR count). The number of para-hydroxylation sites is 1. The number of aromatic nitrogens is 3. The molecule has 5 heteroatoms. The Morgan fingerprint density at radius 1 is 1.00 bits per heavy atom. The van der Waals surface area contributed by atoms with Crippen molar-refractivity contribution < 1.29 is 4.79 Å². The third-order valence-electron chi connectivity index (χ3n) is 4.01. The smallest absolute Gasteiger partial charge is 0.256 e. The van der Waals surface area contributed by atoms with Crippen molar-refractivity contribution in [1.82, 2.24) is 14.5 Å². The fraction of sp³-hybridized carbons (Fsp3) is 0.0500. The SMILES string of the molecule is Cc1nc2cc(C(=O)Nc3ccccn3)ccc2n1-c1ccccc1. The molecule has 2 aromatic heterocycles. The number of carbonyl (C=O) groups is 1. The van der Waals surface area contributed by atoms with E-state index in [9.17, 15) is 4.79 Å². The fourth-order valence-electron chi connectivity index (χ4n) is 2.87. The van der Waals surface area contributed by atoms with Crippen molar-refractivity contribution in [3.63, 3.8) is 0 Å². The van der Waals surface area contributed by atoms with Gasteiger partial charge in [0.05, 0.1) is 11.0 Å². The number of pyridine rings is 1. The van der Waals surface area contributed by atoms with Gasteiger partial charge in [0.2, 0.25) is 0 Å². The summed E-state index contributed by atoms with van der Waals surface area (Å²) in [6, 6.07) is 21.0. The molecule has 4 aromatic rings. The molecule has 1 N–H and O–H groups in total. The Labute approximate surface area is 145 Å². The van der Waals surface area contributed by atoms with Gasteiger partial charge in [-0.1, -0.05) is 24.3 Å². The lowest BCUT2D eigenvalue weighted by Gasteiger charge is -2.07. The Hall–Kier alpha value is -3.47. The Bertz CT molecular complexity index is 1040. The van der Waals surface area contributed by atoms with Crippen molar-refractivity contribution in [2.45, 2.75) is 6.92 Å². The number of amides is 1. The second-order valence-corrected chi connectivity index (χ2v) is 5.70. The Morgan fingerprint density at radius 3 is 2.56 bits per heavy atom. The van der Waals surface area contributed by atoms with E-state index in [-0.39, 0.29) is 5.91 Å². The average molecular weight is 328 g/mol. The first-order chi connectivity index (χ1) is 12.2. The van der Waals surface area contributed by atoms with Gasteiger partial charge < -0.3 is 5.32 Å². The summed E-state index contributed by atoms with van der Waals surface area (Å²) in [7, 11) is 0. The van der Waals surface area contributed by atoms with E-state index in [1.165, 1.54) is 0 Å². The molecule has 0 atom stereocenters. The standard InChI is InChI=1S/C20H16N4O/c1-14-22-17-13-15(20(25)23-19-9-5-6-12-21-19)10-11-18(17)24(14)16-7-3-2-4-8-16/h2-13H,1H3,(H,21,23,25). The van der Waals surface area contributed by atoms with E-state index in [4.69, 9.17) is 0 Å². The van der Waals surface area contributed by atoms with Gasteiger partial charge in [-0.15, -0.1) is 0 Å². The molecule has 0 bridgehead atoms. The zero-order valence-electron chi connectivity index (χ0n) is 13.7. The maximum absolute atomic E-state index is 12.4. The second kappa shape index (κ2) is 6.20. The molecule has 0 saturated carbocycles. The second-order valence-electron chi connectivity index (χ2n) is 5.70. The van der Waals surface area contributed by atoms with E-state index in [1.807, 2.05) is 49.4 Å². The zero-order valence-corrected chi connectivity index (χ0v) is 13.7. The minimum atomic E-state index is -0.201. The van der Waals surface area contributed by atoms with Crippen LogP contribution in [0.1, 0.15) is 16.2 Å². The maximum Gasteiger partial charge on any atom is 0.256 e. The minimum absolute atomic E-state index is 0.201. The van der Waals surface area contributed by atoms with Crippen LogP contribution in [0, 0.1) is 6.92 Å². The van der Waals surface area contributed by atoms with Gasteiger partial charge in [-0.3, -0.25) is 9.36 Å². The van der Waals surface area contributed by atoms with Gasteiger partial charge in [-0.2, -0.15) is 0 Å². The van der Waals surface area contributed by atoms with Crippen molar-refractivity contribution in [2.24, 2.45) is 0 Å². The number of rotatable bonds is 3. The number of imidazole rings is 1. The summed E-state index contributed by atoms with van der Waals surface area (Å²) in [5.41, 5.74) is 3.36. The van der Waals surface area contributed by atoms with Crippen molar-refractivity contribution in [3.8, 4) is 5.69 Å². The van der Waals surface area contributed by atoms with E-state index < -0.39 is 0 Å². The van der Waals surface area contributed by atoms with Crippen molar-refractivity contribution in [1.29, 1.82) is 0 Å². The third kappa shape index (κ3) is 2.87. The number of nitrogens with one attached hydrogen (secondary N) is 1. The molecule has 0 aliphatic carbocycles. The first-order valence-corrected chi connectivity index (χ1v) is 7.99. The molecular formula is C20H16N4O. The molecule has 2 heterocycles. The number of hydrogen-bond donors (Lipinski definition) is 1. The highest BCUT2D eigenvalue weighted by Crippen LogP contribution is 2.22. The van der Waals surface area contributed by atoms with Crippen LogP contribution >= 0.6 is 0 Å². The van der Waals surface area contributed by atoms with E-state index >= 15 is 0 Å². The summed E-state index contributed by atoms with van der Waals surface area (Å²) < 4.78 is 2.08. The molecule has 0 saturated heterocycles. The van der Waals surface area contributed by atoms with Crippen LogP contribution in [0.4, 0.5) is 5.82 Å². The van der Waals surface area contributed by atoms with Crippen LogP contribution in [0.5, 0.6) is 0 Å².